The van der Waals surface area contributed by atoms with E-state index in [1.165, 1.54) is 0 Å². The fourth-order valence-corrected chi connectivity index (χ4v) is 0. The van der Waals surface area contributed by atoms with E-state index in [0.717, 1.165) is 0 Å². The molecular formula is NaO9Si3-5. The Balaban J connectivity index is -0.0000000450. The zero-order chi connectivity index (χ0) is 10.7. The van der Waals surface area contributed by atoms with E-state index in [2.05, 4.69) is 0 Å². The topological polar surface area (TPSA) is 190 Å². The molecule has 0 unspecified atom stereocenters. The molecule has 0 aromatic carbocycles. The monoisotopic (exact) mass is 251 g/mol. The van der Waals surface area contributed by atoms with Crippen molar-refractivity contribution < 1.29 is 71.7 Å². The average molecular weight is 251 g/mol. The Morgan fingerprint density at radius 2 is 0.538 bits per heavy atom. The van der Waals surface area contributed by atoms with Gasteiger partial charge in [-0.25, -0.2) is 0 Å². The molecule has 0 aromatic heterocycles. The SMILES string of the molecule is O=[Si]([O-])[O-].O=[Si]([O-])[O-].O=[Si]([O-])[O-].[Na+]. The van der Waals surface area contributed by atoms with Gasteiger partial charge in [-0.2, -0.15) is 0 Å². The normalized spacial score (nSPS) is 5.54. The summed E-state index contributed by atoms with van der Waals surface area (Å²) in [4.78, 5) is 51.1. The first-order chi connectivity index (χ1) is 5.20. The minimum absolute atomic E-state index is 0. The molecule has 72 valence electrons. The Kier molecular flexibility index (Phi) is 31.6. The number of rotatable bonds is 0. The summed E-state index contributed by atoms with van der Waals surface area (Å²) in [5.41, 5.74) is 0. The summed E-state index contributed by atoms with van der Waals surface area (Å²) in [6.07, 6.45) is 0. The van der Waals surface area contributed by atoms with Gasteiger partial charge in [0.05, 0.1) is 0 Å². The molecular weight excluding hydrogens is 251 g/mol. The van der Waals surface area contributed by atoms with Crippen LogP contribution >= 0.6 is 0 Å². The van der Waals surface area contributed by atoms with Crippen molar-refractivity contribution in [3.8, 4) is 0 Å². The van der Waals surface area contributed by atoms with Crippen LogP contribution in [-0.2, 0) is 13.4 Å². The largest absolute Gasteiger partial charge is 1.00 e. The first kappa shape index (κ1) is 23.0. The zero-order valence-electron chi connectivity index (χ0n) is 6.17. The quantitative estimate of drug-likeness (QED) is 0.376. The van der Waals surface area contributed by atoms with Crippen molar-refractivity contribution in [1.82, 2.24) is 0 Å². The predicted octanol–water partition coefficient (Wildman–Crippen LogP) is -11.6. The van der Waals surface area contributed by atoms with Crippen molar-refractivity contribution >= 4 is 27.5 Å². The Morgan fingerprint density at radius 3 is 0.538 bits per heavy atom. The maximum Gasteiger partial charge on any atom is 1.00 e. The second-order valence-electron chi connectivity index (χ2n) is 0.750. The van der Waals surface area contributed by atoms with E-state index in [1.54, 1.807) is 0 Å². The molecule has 0 spiro atoms. The fraction of sp³-hybridized carbons (Fsp3) is 0. The molecule has 0 aromatic rings. The van der Waals surface area contributed by atoms with Gasteiger partial charge >= 0.3 is 29.6 Å². The molecule has 0 bridgehead atoms. The van der Waals surface area contributed by atoms with Crippen LogP contribution in [0.4, 0.5) is 0 Å². The maximum absolute atomic E-state index is 8.52. The molecule has 13 heavy (non-hydrogen) atoms. The zero-order valence-corrected chi connectivity index (χ0v) is 11.2. The van der Waals surface area contributed by atoms with Crippen LogP contribution < -0.4 is 58.3 Å². The summed E-state index contributed by atoms with van der Waals surface area (Å²) >= 11 is 0. The minimum atomic E-state index is -3.63. The van der Waals surface area contributed by atoms with Gasteiger partial charge < -0.3 is 42.2 Å². The number of hydrogen-bond donors (Lipinski definition) is 0. The average Bonchev–Trinajstić information content (AvgIpc) is 1.54. The molecule has 0 rings (SSSR count). The van der Waals surface area contributed by atoms with Crippen LogP contribution in [0.2, 0.25) is 0 Å². The van der Waals surface area contributed by atoms with E-state index in [9.17, 15) is 0 Å². The van der Waals surface area contributed by atoms with E-state index in [0.29, 0.717) is 0 Å². The van der Waals surface area contributed by atoms with Crippen molar-refractivity contribution in [3.63, 3.8) is 0 Å². The minimum Gasteiger partial charge on any atom is -0.672 e. The van der Waals surface area contributed by atoms with Crippen LogP contribution in [-0.4, -0.2) is 27.5 Å². The van der Waals surface area contributed by atoms with Crippen molar-refractivity contribution in [3.05, 3.63) is 0 Å². The summed E-state index contributed by atoms with van der Waals surface area (Å²) in [6, 6.07) is 0. The van der Waals surface area contributed by atoms with Gasteiger partial charge in [-0.1, -0.05) is 0 Å². The van der Waals surface area contributed by atoms with Crippen molar-refractivity contribution in [2.75, 3.05) is 0 Å². The van der Waals surface area contributed by atoms with Gasteiger partial charge in [0, 0.05) is 27.5 Å². The summed E-state index contributed by atoms with van der Waals surface area (Å²) in [6.45, 7) is 0. The molecule has 0 fully saturated rings. The van der Waals surface area contributed by atoms with Gasteiger partial charge in [0.2, 0.25) is 0 Å². The van der Waals surface area contributed by atoms with Gasteiger partial charge in [-0.15, -0.1) is 0 Å². The van der Waals surface area contributed by atoms with E-state index >= 15 is 0 Å². The van der Waals surface area contributed by atoms with Crippen LogP contribution in [0.5, 0.6) is 0 Å². The first-order valence-electron chi connectivity index (χ1n) is 1.84. The molecule has 0 aliphatic heterocycles. The predicted molar refractivity (Wildman–Crippen MR) is 19.3 cm³/mol. The molecule has 0 N–H and O–H groups in total. The van der Waals surface area contributed by atoms with Crippen molar-refractivity contribution in [1.29, 1.82) is 0 Å². The molecule has 9 nitrogen and oxygen atoms in total. The summed E-state index contributed by atoms with van der Waals surface area (Å²) < 4.78 is 25.6. The molecule has 13 heteroatoms. The van der Waals surface area contributed by atoms with E-state index in [4.69, 9.17) is 42.2 Å². The van der Waals surface area contributed by atoms with Crippen LogP contribution in [0.3, 0.4) is 0 Å². The third-order valence-corrected chi connectivity index (χ3v) is 0. The van der Waals surface area contributed by atoms with Gasteiger partial charge in [0.25, 0.3) is 0 Å². The standard InChI is InChI=1S/Na.3O3Si/c;3*1-4(2)3/q+1;3*-2. The molecule has 0 saturated heterocycles. The molecule has 0 aliphatic carbocycles. The first-order valence-corrected chi connectivity index (χ1v) is 5.51. The summed E-state index contributed by atoms with van der Waals surface area (Å²) in [5, 5.41) is 0. The Hall–Kier alpha value is -0.149. The van der Waals surface area contributed by atoms with E-state index < -0.39 is 27.5 Å². The Labute approximate surface area is 98.9 Å². The second kappa shape index (κ2) is 17.8. The number of hydrogen-bond acceptors (Lipinski definition) is 9. The smallest absolute Gasteiger partial charge is 0.672 e. The van der Waals surface area contributed by atoms with Crippen LogP contribution in [0.1, 0.15) is 0 Å². The molecule has 0 atom stereocenters. The van der Waals surface area contributed by atoms with Gasteiger partial charge in [-0.05, 0) is 0 Å². The van der Waals surface area contributed by atoms with Gasteiger partial charge in [0.15, 0.2) is 0 Å². The fourth-order valence-electron chi connectivity index (χ4n) is 0. The maximum atomic E-state index is 8.52. The summed E-state index contributed by atoms with van der Waals surface area (Å²) in [7, 11) is -10.9. The molecule has 0 radical (unpaired) electrons. The van der Waals surface area contributed by atoms with Gasteiger partial charge in [0.1, 0.15) is 0 Å². The van der Waals surface area contributed by atoms with Crippen LogP contribution in [0.15, 0.2) is 0 Å². The van der Waals surface area contributed by atoms with Crippen molar-refractivity contribution in [2.45, 2.75) is 0 Å². The van der Waals surface area contributed by atoms with Crippen LogP contribution in [0.25, 0.3) is 0 Å². The van der Waals surface area contributed by atoms with E-state index in [-0.39, 0.29) is 29.6 Å². The van der Waals surface area contributed by atoms with Crippen LogP contribution in [0, 0.1) is 0 Å². The molecule has 0 amide bonds. The Morgan fingerprint density at radius 1 is 0.538 bits per heavy atom. The summed E-state index contributed by atoms with van der Waals surface area (Å²) in [5.74, 6) is 0. The molecule has 0 heterocycles. The molecule has 0 aliphatic rings. The third-order valence-electron chi connectivity index (χ3n) is 0. The Bertz CT molecular complexity index is 112. The van der Waals surface area contributed by atoms with Gasteiger partial charge in [-0.3, -0.25) is 0 Å². The second-order valence-corrected chi connectivity index (χ2v) is 2.25. The third kappa shape index (κ3) is 51600. The van der Waals surface area contributed by atoms with Crippen molar-refractivity contribution in [2.24, 2.45) is 0 Å². The van der Waals surface area contributed by atoms with E-state index in [1.807, 2.05) is 0 Å². The molecule has 0 saturated carbocycles.